The second-order valence-corrected chi connectivity index (χ2v) is 4.97. The van der Waals surface area contributed by atoms with Crippen LogP contribution in [-0.2, 0) is 0 Å². The minimum absolute atomic E-state index is 0.0793. The first-order valence-electron chi connectivity index (χ1n) is 6.16. The molecule has 7 heteroatoms. The highest BCUT2D eigenvalue weighted by Gasteiger charge is 2.26. The lowest BCUT2D eigenvalue weighted by atomic mass is 10.1. The summed E-state index contributed by atoms with van der Waals surface area (Å²) in [5.74, 6) is -0.253. The Kier molecular flexibility index (Phi) is 3.23. The first-order chi connectivity index (χ1) is 10.1. The molecule has 1 aliphatic rings. The van der Waals surface area contributed by atoms with Crippen LogP contribution in [0, 0.1) is 10.1 Å². The van der Waals surface area contributed by atoms with Gasteiger partial charge in [-0.15, -0.1) is 0 Å². The number of nitrogens with one attached hydrogen (secondary N) is 2. The molecule has 0 aliphatic carbocycles. The molecular formula is C14H10ClN3O3. The van der Waals surface area contributed by atoms with Crippen molar-refractivity contribution in [2.24, 2.45) is 0 Å². The Morgan fingerprint density at radius 2 is 1.90 bits per heavy atom. The average Bonchev–Trinajstić information content (AvgIpc) is 2.47. The van der Waals surface area contributed by atoms with Crippen LogP contribution in [-0.4, -0.2) is 10.8 Å². The molecule has 1 heterocycles. The van der Waals surface area contributed by atoms with Crippen molar-refractivity contribution in [3.05, 3.63) is 68.7 Å². The Labute approximate surface area is 124 Å². The maximum atomic E-state index is 12.1. The molecule has 0 spiro atoms. The highest BCUT2D eigenvalue weighted by Crippen LogP contribution is 2.32. The molecule has 0 saturated heterocycles. The van der Waals surface area contributed by atoms with E-state index in [4.69, 9.17) is 11.6 Å². The third-order valence-electron chi connectivity index (χ3n) is 3.25. The second kappa shape index (κ2) is 5.06. The summed E-state index contributed by atoms with van der Waals surface area (Å²) >= 11 is 6.10. The number of carbonyl (C=O) groups is 1. The van der Waals surface area contributed by atoms with Gasteiger partial charge < -0.3 is 10.6 Å². The van der Waals surface area contributed by atoms with Crippen LogP contribution in [0.25, 0.3) is 0 Å². The van der Waals surface area contributed by atoms with Gasteiger partial charge >= 0.3 is 0 Å². The van der Waals surface area contributed by atoms with E-state index >= 15 is 0 Å². The number of amides is 1. The van der Waals surface area contributed by atoms with Gasteiger partial charge in [0.2, 0.25) is 0 Å². The predicted octanol–water partition coefficient (Wildman–Crippen LogP) is 3.10. The molecule has 2 N–H and O–H groups in total. The number of nitrogens with zero attached hydrogens (tertiary/aromatic N) is 1. The van der Waals surface area contributed by atoms with Crippen molar-refractivity contribution in [2.75, 3.05) is 5.32 Å². The molecule has 1 atom stereocenters. The van der Waals surface area contributed by atoms with Gasteiger partial charge in [0.15, 0.2) is 0 Å². The second-order valence-electron chi connectivity index (χ2n) is 4.56. The topological polar surface area (TPSA) is 84.3 Å². The zero-order valence-electron chi connectivity index (χ0n) is 10.7. The molecule has 0 fully saturated rings. The number of halogens is 1. The number of rotatable bonds is 2. The van der Waals surface area contributed by atoms with Crippen LogP contribution in [0.2, 0.25) is 5.02 Å². The zero-order chi connectivity index (χ0) is 15.0. The number of non-ortho nitro benzene ring substituents is 1. The van der Waals surface area contributed by atoms with Crippen LogP contribution >= 0.6 is 11.6 Å². The number of hydrogen-bond acceptors (Lipinski definition) is 4. The fraction of sp³-hybridized carbons (Fsp3) is 0.0714. The molecule has 106 valence electrons. The maximum Gasteiger partial charge on any atom is 0.269 e. The number of anilines is 1. The molecule has 0 saturated carbocycles. The van der Waals surface area contributed by atoms with Gasteiger partial charge in [-0.3, -0.25) is 14.9 Å². The van der Waals surface area contributed by atoms with Gasteiger partial charge in [0, 0.05) is 28.4 Å². The van der Waals surface area contributed by atoms with E-state index in [2.05, 4.69) is 10.6 Å². The fourth-order valence-corrected chi connectivity index (χ4v) is 2.46. The highest BCUT2D eigenvalue weighted by molar-refractivity contribution is 6.31. The molecular weight excluding hydrogens is 294 g/mol. The number of para-hydroxylation sites is 1. The third kappa shape index (κ3) is 2.41. The van der Waals surface area contributed by atoms with Crippen LogP contribution in [0.15, 0.2) is 42.5 Å². The van der Waals surface area contributed by atoms with Gasteiger partial charge in [0.1, 0.15) is 6.17 Å². The molecule has 3 rings (SSSR count). The number of fused-ring (bicyclic) bond motifs is 1. The Bertz CT molecular complexity index is 748. The SMILES string of the molecule is O=C1NC(c2cc([N+](=O)[O-])ccc2Cl)Nc2ccccc21. The van der Waals surface area contributed by atoms with Crippen molar-refractivity contribution in [3.8, 4) is 0 Å². The number of hydrogen-bond donors (Lipinski definition) is 2. The van der Waals surface area contributed by atoms with Crippen molar-refractivity contribution in [3.63, 3.8) is 0 Å². The van der Waals surface area contributed by atoms with Gasteiger partial charge in [-0.05, 0) is 18.2 Å². The Morgan fingerprint density at radius 1 is 1.14 bits per heavy atom. The van der Waals surface area contributed by atoms with Gasteiger partial charge in [0.05, 0.1) is 10.5 Å². The molecule has 1 amide bonds. The van der Waals surface area contributed by atoms with Crippen molar-refractivity contribution >= 4 is 28.9 Å². The van der Waals surface area contributed by atoms with Crippen LogP contribution < -0.4 is 10.6 Å². The Hall–Kier alpha value is -2.60. The van der Waals surface area contributed by atoms with E-state index in [0.717, 1.165) is 0 Å². The number of nitro benzene ring substituents is 1. The molecule has 1 unspecified atom stereocenters. The number of benzene rings is 2. The van der Waals surface area contributed by atoms with Crippen molar-refractivity contribution in [1.82, 2.24) is 5.32 Å². The van der Waals surface area contributed by atoms with E-state index in [0.29, 0.717) is 21.8 Å². The summed E-state index contributed by atoms with van der Waals surface area (Å²) in [6, 6.07) is 11.2. The Balaban J connectivity index is 2.01. The number of carbonyl (C=O) groups excluding carboxylic acids is 1. The van der Waals surface area contributed by atoms with E-state index in [-0.39, 0.29) is 11.6 Å². The van der Waals surface area contributed by atoms with Crippen LogP contribution in [0.4, 0.5) is 11.4 Å². The third-order valence-corrected chi connectivity index (χ3v) is 3.59. The summed E-state index contributed by atoms with van der Waals surface area (Å²) in [5.41, 5.74) is 1.56. The van der Waals surface area contributed by atoms with Crippen molar-refractivity contribution in [1.29, 1.82) is 0 Å². The lowest BCUT2D eigenvalue weighted by molar-refractivity contribution is -0.384. The smallest absolute Gasteiger partial charge is 0.269 e. The molecule has 2 aromatic rings. The summed E-state index contributed by atoms with van der Waals surface area (Å²) in [6.45, 7) is 0. The predicted molar refractivity (Wildman–Crippen MR) is 78.4 cm³/mol. The minimum Gasteiger partial charge on any atom is -0.361 e. The maximum absolute atomic E-state index is 12.1. The van der Waals surface area contributed by atoms with Crippen LogP contribution in [0.5, 0.6) is 0 Å². The van der Waals surface area contributed by atoms with Crippen molar-refractivity contribution in [2.45, 2.75) is 6.17 Å². The summed E-state index contributed by atoms with van der Waals surface area (Å²) in [5, 5.41) is 17.1. The normalized spacial score (nSPS) is 16.6. The van der Waals surface area contributed by atoms with Crippen molar-refractivity contribution < 1.29 is 9.72 Å². The monoisotopic (exact) mass is 303 g/mol. The summed E-state index contributed by atoms with van der Waals surface area (Å²) in [6.07, 6.45) is -0.611. The van der Waals surface area contributed by atoms with E-state index in [1.807, 2.05) is 0 Å². The molecule has 0 radical (unpaired) electrons. The largest absolute Gasteiger partial charge is 0.361 e. The van der Waals surface area contributed by atoms with Gasteiger partial charge in [-0.25, -0.2) is 0 Å². The lowest BCUT2D eigenvalue weighted by Crippen LogP contribution is -2.38. The molecule has 2 aromatic carbocycles. The summed E-state index contributed by atoms with van der Waals surface area (Å²) in [7, 11) is 0. The average molecular weight is 304 g/mol. The van der Waals surface area contributed by atoms with Gasteiger partial charge in [-0.2, -0.15) is 0 Å². The standard InChI is InChI=1S/C14H10ClN3O3/c15-11-6-5-8(18(20)21)7-10(11)13-16-12-4-2-1-3-9(12)14(19)17-13/h1-7,13,16H,(H,17,19). The van der Waals surface area contributed by atoms with Crippen LogP contribution in [0.3, 0.4) is 0 Å². The first kappa shape index (κ1) is 13.4. The molecule has 21 heavy (non-hydrogen) atoms. The number of nitro groups is 1. The molecule has 0 aromatic heterocycles. The summed E-state index contributed by atoms with van der Waals surface area (Å²) in [4.78, 5) is 22.4. The lowest BCUT2D eigenvalue weighted by Gasteiger charge is -2.28. The quantitative estimate of drug-likeness (QED) is 0.659. The zero-order valence-corrected chi connectivity index (χ0v) is 11.4. The van der Waals surface area contributed by atoms with E-state index < -0.39 is 11.1 Å². The molecule has 1 aliphatic heterocycles. The highest BCUT2D eigenvalue weighted by atomic mass is 35.5. The van der Waals surface area contributed by atoms with Gasteiger partial charge in [-0.1, -0.05) is 23.7 Å². The van der Waals surface area contributed by atoms with Gasteiger partial charge in [0.25, 0.3) is 11.6 Å². The molecule has 6 nitrogen and oxygen atoms in total. The summed E-state index contributed by atoms with van der Waals surface area (Å²) < 4.78 is 0. The van der Waals surface area contributed by atoms with E-state index in [1.165, 1.54) is 18.2 Å². The van der Waals surface area contributed by atoms with E-state index in [9.17, 15) is 14.9 Å². The molecule has 0 bridgehead atoms. The fourth-order valence-electron chi connectivity index (χ4n) is 2.23. The van der Waals surface area contributed by atoms with E-state index in [1.54, 1.807) is 24.3 Å². The Morgan fingerprint density at radius 3 is 2.67 bits per heavy atom. The minimum atomic E-state index is -0.611. The first-order valence-corrected chi connectivity index (χ1v) is 6.54. The van der Waals surface area contributed by atoms with Crippen LogP contribution in [0.1, 0.15) is 22.1 Å².